The number of rotatable bonds is 8. The Morgan fingerprint density at radius 3 is 2.28 bits per heavy atom. The van der Waals surface area contributed by atoms with E-state index in [9.17, 15) is 13.2 Å². The molecule has 1 N–H and O–H groups in total. The van der Waals surface area contributed by atoms with E-state index >= 15 is 0 Å². The second-order valence-electron chi connectivity index (χ2n) is 7.86. The molecule has 0 aromatic heterocycles. The lowest BCUT2D eigenvalue weighted by Crippen LogP contribution is -2.42. The average molecular weight is 417 g/mol. The van der Waals surface area contributed by atoms with E-state index in [0.717, 1.165) is 23.8 Å². The predicted octanol–water partition coefficient (Wildman–Crippen LogP) is 4.46. The summed E-state index contributed by atoms with van der Waals surface area (Å²) < 4.78 is 26.2. The second kappa shape index (κ2) is 9.44. The molecule has 2 rings (SSSR count). The van der Waals surface area contributed by atoms with Crippen LogP contribution in [0.1, 0.15) is 61.4 Å². The van der Waals surface area contributed by atoms with Crippen molar-refractivity contribution in [2.24, 2.45) is 0 Å². The maximum Gasteiger partial charge on any atom is 0.241 e. The highest BCUT2D eigenvalue weighted by atomic mass is 32.2. The van der Waals surface area contributed by atoms with Crippen LogP contribution < -0.4 is 9.62 Å². The second-order valence-corrected chi connectivity index (χ2v) is 9.76. The van der Waals surface area contributed by atoms with E-state index in [0.29, 0.717) is 5.69 Å². The number of amides is 1. The molecule has 0 spiro atoms. The Bertz CT molecular complexity index is 968. The number of hydrogen-bond acceptors (Lipinski definition) is 3. The molecule has 0 saturated heterocycles. The number of para-hydroxylation sites is 1. The highest BCUT2D eigenvalue weighted by Gasteiger charge is 2.25. The Kier molecular flexibility index (Phi) is 7.47. The number of carbonyl (C=O) groups excluding carboxylic acids is 1. The molecular weight excluding hydrogens is 384 g/mol. The van der Waals surface area contributed by atoms with E-state index in [1.165, 1.54) is 15.4 Å². The molecule has 0 aliphatic carbocycles. The van der Waals surface area contributed by atoms with E-state index in [4.69, 9.17) is 0 Å². The predicted molar refractivity (Wildman–Crippen MR) is 120 cm³/mol. The topological polar surface area (TPSA) is 66.5 Å². The van der Waals surface area contributed by atoms with Gasteiger partial charge in [-0.3, -0.25) is 9.10 Å². The lowest BCUT2D eigenvalue weighted by Gasteiger charge is -2.27. The molecule has 1 amide bonds. The maximum atomic E-state index is 12.8. The van der Waals surface area contributed by atoms with Crippen molar-refractivity contribution in [1.82, 2.24) is 5.32 Å². The molecule has 158 valence electrons. The first-order chi connectivity index (χ1) is 13.5. The van der Waals surface area contributed by atoms with E-state index in [2.05, 4.69) is 18.3 Å². The van der Waals surface area contributed by atoms with Crippen LogP contribution in [0.5, 0.6) is 0 Å². The zero-order valence-electron chi connectivity index (χ0n) is 18.2. The van der Waals surface area contributed by atoms with Crippen LogP contribution in [0.2, 0.25) is 0 Å². The summed E-state index contributed by atoms with van der Waals surface area (Å²) in [4.78, 5) is 12.8. The summed E-state index contributed by atoms with van der Waals surface area (Å²) >= 11 is 0. The molecule has 0 radical (unpaired) electrons. The summed E-state index contributed by atoms with van der Waals surface area (Å²) in [6, 6.07) is 13.3. The van der Waals surface area contributed by atoms with Crippen molar-refractivity contribution in [3.05, 3.63) is 64.7 Å². The first-order valence-electron chi connectivity index (χ1n) is 9.97. The third-order valence-electron chi connectivity index (χ3n) is 5.19. The van der Waals surface area contributed by atoms with Gasteiger partial charge < -0.3 is 5.32 Å². The first kappa shape index (κ1) is 22.9. The van der Waals surface area contributed by atoms with Crippen LogP contribution >= 0.6 is 0 Å². The molecule has 2 aromatic rings. The van der Waals surface area contributed by atoms with Gasteiger partial charge in [0.05, 0.1) is 18.0 Å². The van der Waals surface area contributed by atoms with Crippen LogP contribution in [0.4, 0.5) is 5.69 Å². The van der Waals surface area contributed by atoms with Gasteiger partial charge in [0.25, 0.3) is 0 Å². The fraction of sp³-hybridized carbons (Fsp3) is 0.435. The van der Waals surface area contributed by atoms with Crippen molar-refractivity contribution >= 4 is 21.6 Å². The number of anilines is 1. The van der Waals surface area contributed by atoms with Crippen molar-refractivity contribution in [2.75, 3.05) is 17.1 Å². The molecule has 1 atom stereocenters. The first-order valence-corrected chi connectivity index (χ1v) is 11.8. The molecule has 2 aromatic carbocycles. The van der Waals surface area contributed by atoms with Crippen molar-refractivity contribution in [1.29, 1.82) is 0 Å². The number of nitrogens with one attached hydrogen (secondary N) is 1. The molecule has 0 saturated carbocycles. The van der Waals surface area contributed by atoms with Crippen LogP contribution in [0.15, 0.2) is 42.5 Å². The van der Waals surface area contributed by atoms with Crippen molar-refractivity contribution in [2.45, 2.75) is 53.0 Å². The smallest absolute Gasteiger partial charge is 0.241 e. The number of carbonyl (C=O) groups is 1. The summed E-state index contributed by atoms with van der Waals surface area (Å²) in [5, 5.41) is 3.01. The van der Waals surface area contributed by atoms with E-state index in [1.807, 2.05) is 52.0 Å². The fourth-order valence-electron chi connectivity index (χ4n) is 3.36. The largest absolute Gasteiger partial charge is 0.348 e. The lowest BCUT2D eigenvalue weighted by molar-refractivity contribution is -0.120. The average Bonchev–Trinajstić information content (AvgIpc) is 2.65. The van der Waals surface area contributed by atoms with Gasteiger partial charge in [-0.25, -0.2) is 8.42 Å². The number of benzene rings is 2. The standard InChI is InChI=1S/C23H32N2O3S/c1-7-21(19-13-12-17(4)18(5)14-19)24-23(26)15-25(29(6,27)28)22-11-9-8-10-20(22)16(2)3/h8-14,16,21H,7,15H2,1-6H3,(H,24,26). The number of aryl methyl sites for hydroxylation is 2. The Balaban J connectivity index is 2.28. The number of nitrogens with zero attached hydrogens (tertiary/aromatic N) is 1. The molecule has 0 heterocycles. The fourth-order valence-corrected chi connectivity index (χ4v) is 4.23. The third-order valence-corrected chi connectivity index (χ3v) is 6.32. The van der Waals surface area contributed by atoms with Crippen LogP contribution in [-0.2, 0) is 14.8 Å². The van der Waals surface area contributed by atoms with Gasteiger partial charge in [0.2, 0.25) is 15.9 Å². The van der Waals surface area contributed by atoms with Crippen molar-refractivity contribution in [3.8, 4) is 0 Å². The van der Waals surface area contributed by atoms with Crippen LogP contribution in [0.3, 0.4) is 0 Å². The van der Waals surface area contributed by atoms with Crippen molar-refractivity contribution < 1.29 is 13.2 Å². The lowest BCUT2D eigenvalue weighted by atomic mass is 9.99. The summed E-state index contributed by atoms with van der Waals surface area (Å²) in [6.07, 6.45) is 1.85. The van der Waals surface area contributed by atoms with Crippen LogP contribution in [0.25, 0.3) is 0 Å². The molecule has 5 nitrogen and oxygen atoms in total. The van der Waals surface area contributed by atoms with E-state index < -0.39 is 10.0 Å². The SMILES string of the molecule is CCC(NC(=O)CN(c1ccccc1C(C)C)S(C)(=O)=O)c1ccc(C)c(C)c1. The molecule has 6 heteroatoms. The molecule has 0 aliphatic rings. The van der Waals surface area contributed by atoms with Gasteiger partial charge in [0.15, 0.2) is 0 Å². The molecule has 0 bridgehead atoms. The molecule has 0 aliphatic heterocycles. The summed E-state index contributed by atoms with van der Waals surface area (Å²) in [6.45, 7) is 9.86. The van der Waals surface area contributed by atoms with Crippen molar-refractivity contribution in [3.63, 3.8) is 0 Å². The van der Waals surface area contributed by atoms with Crippen LogP contribution in [0, 0.1) is 13.8 Å². The van der Waals surface area contributed by atoms with Gasteiger partial charge in [-0.15, -0.1) is 0 Å². The highest BCUT2D eigenvalue weighted by molar-refractivity contribution is 7.92. The summed E-state index contributed by atoms with van der Waals surface area (Å²) in [5.41, 5.74) is 4.84. The quantitative estimate of drug-likeness (QED) is 0.691. The number of sulfonamides is 1. The van der Waals surface area contributed by atoms with Gasteiger partial charge in [-0.1, -0.05) is 57.2 Å². The Morgan fingerprint density at radius 2 is 1.72 bits per heavy atom. The van der Waals surface area contributed by atoms with Gasteiger partial charge in [0.1, 0.15) is 6.54 Å². The summed E-state index contributed by atoms with van der Waals surface area (Å²) in [7, 11) is -3.62. The third kappa shape index (κ3) is 5.82. The highest BCUT2D eigenvalue weighted by Crippen LogP contribution is 2.29. The molecule has 29 heavy (non-hydrogen) atoms. The normalized spacial score (nSPS) is 12.7. The maximum absolute atomic E-state index is 12.8. The van der Waals surface area contributed by atoms with E-state index in [1.54, 1.807) is 12.1 Å². The Morgan fingerprint density at radius 1 is 1.07 bits per heavy atom. The van der Waals surface area contributed by atoms with Crippen LogP contribution in [-0.4, -0.2) is 27.1 Å². The van der Waals surface area contributed by atoms with Gasteiger partial charge in [0, 0.05) is 0 Å². The van der Waals surface area contributed by atoms with Gasteiger partial charge in [-0.2, -0.15) is 0 Å². The Labute approximate surface area is 175 Å². The summed E-state index contributed by atoms with van der Waals surface area (Å²) in [5.74, 6) is -0.184. The van der Waals surface area contributed by atoms with Gasteiger partial charge >= 0.3 is 0 Å². The molecule has 1 unspecified atom stereocenters. The minimum atomic E-state index is -3.62. The molecular formula is C23H32N2O3S. The minimum absolute atomic E-state index is 0.137. The monoisotopic (exact) mass is 416 g/mol. The zero-order chi connectivity index (χ0) is 21.8. The van der Waals surface area contributed by atoms with E-state index in [-0.39, 0.29) is 24.4 Å². The minimum Gasteiger partial charge on any atom is -0.348 e. The molecule has 0 fully saturated rings. The number of hydrogen-bond donors (Lipinski definition) is 1. The van der Waals surface area contributed by atoms with Gasteiger partial charge in [-0.05, 0) is 54.5 Å². The Hall–Kier alpha value is -2.34. The zero-order valence-corrected chi connectivity index (χ0v) is 19.0.